The Morgan fingerprint density at radius 3 is 1.64 bits per heavy atom. The molecule has 0 N–H and O–H groups in total. The van der Waals surface area contributed by atoms with Crippen LogP contribution in [0.2, 0.25) is 0 Å². The van der Waals surface area contributed by atoms with Gasteiger partial charge in [0, 0.05) is 9.75 Å². The summed E-state index contributed by atoms with van der Waals surface area (Å²) in [6.07, 6.45) is 14.4. The predicted octanol–water partition coefficient (Wildman–Crippen LogP) is 3.88. The van der Waals surface area contributed by atoms with Crippen molar-refractivity contribution in [2.24, 2.45) is 0 Å². The van der Waals surface area contributed by atoms with Gasteiger partial charge >= 0.3 is 21.1 Å². The summed E-state index contributed by atoms with van der Waals surface area (Å²) in [5, 5.41) is 3.77. The summed E-state index contributed by atoms with van der Waals surface area (Å²) in [4.78, 5) is 6.01. The van der Waals surface area contributed by atoms with Gasteiger partial charge in [0.05, 0.1) is 0 Å². The average Bonchev–Trinajstić information content (AvgIpc) is 3.26. The van der Waals surface area contributed by atoms with Crippen LogP contribution in [0.15, 0.2) is 41.1 Å². The number of aromatic nitrogens is 1. The summed E-state index contributed by atoms with van der Waals surface area (Å²) < 4.78 is 0. The van der Waals surface area contributed by atoms with Gasteiger partial charge in [-0.05, 0) is 34.7 Å². The molecule has 3 rings (SSSR count). The molecule has 0 atom stereocenters. The van der Waals surface area contributed by atoms with Crippen molar-refractivity contribution < 1.29 is 21.1 Å². The molecule has 0 fully saturated rings. The van der Waals surface area contributed by atoms with E-state index < -0.39 is 0 Å². The van der Waals surface area contributed by atoms with Crippen molar-refractivity contribution in [1.29, 1.82) is 0 Å². The fourth-order valence-electron chi connectivity index (χ4n) is 1.82. The Bertz CT molecular complexity index is 1010. The number of thiophene rings is 2. The van der Waals surface area contributed by atoms with E-state index in [-0.39, 0.29) is 21.1 Å². The van der Waals surface area contributed by atoms with Gasteiger partial charge in [0.25, 0.3) is 0 Å². The van der Waals surface area contributed by atoms with Crippen LogP contribution < -0.4 is 0 Å². The van der Waals surface area contributed by atoms with Crippen LogP contribution in [0.5, 0.6) is 0 Å². The first-order chi connectivity index (χ1) is 11.8. The molecule has 0 aliphatic heterocycles. The van der Waals surface area contributed by atoms with Crippen LogP contribution in [0, 0.1) is 48.4 Å². The van der Waals surface area contributed by atoms with Crippen molar-refractivity contribution in [2.45, 2.75) is 0 Å². The van der Waals surface area contributed by atoms with E-state index in [2.05, 4.69) is 40.5 Å². The van der Waals surface area contributed by atoms with Crippen LogP contribution in [-0.4, -0.2) is 4.98 Å². The Balaban J connectivity index is 0.00000225. The van der Waals surface area contributed by atoms with E-state index >= 15 is 0 Å². The molecule has 0 saturated carbocycles. The van der Waals surface area contributed by atoms with Gasteiger partial charge in [0.1, 0.15) is 11.4 Å². The fraction of sp³-hybridized carbons (Fsp3) is 0. The molecule has 0 aliphatic carbocycles. The molecule has 0 spiro atoms. The summed E-state index contributed by atoms with van der Waals surface area (Å²) in [5.74, 6) is 16.8. The second kappa shape index (κ2) is 9.09. The Labute approximate surface area is 169 Å². The number of nitrogens with zero attached hydrogens (tertiary/aromatic N) is 1. The van der Waals surface area contributed by atoms with Crippen LogP contribution in [-0.2, 0) is 21.1 Å². The molecular formula is C21H7NPtS2. The van der Waals surface area contributed by atoms with Crippen molar-refractivity contribution in [3.8, 4) is 35.5 Å². The van der Waals surface area contributed by atoms with E-state index in [1.54, 1.807) is 0 Å². The van der Waals surface area contributed by atoms with E-state index in [0.717, 1.165) is 9.75 Å². The third-order valence-corrected chi connectivity index (χ3v) is 4.62. The summed E-state index contributed by atoms with van der Waals surface area (Å²) in [6.45, 7) is 0. The first-order valence-electron chi connectivity index (χ1n) is 6.81. The molecule has 0 saturated heterocycles. The van der Waals surface area contributed by atoms with Gasteiger partial charge in [-0.2, -0.15) is 22.7 Å². The Morgan fingerprint density at radius 2 is 1.20 bits per heavy atom. The van der Waals surface area contributed by atoms with E-state index in [0.29, 0.717) is 22.5 Å². The molecule has 0 aliphatic rings. The molecule has 0 aromatic carbocycles. The summed E-state index contributed by atoms with van der Waals surface area (Å²) in [6, 6.07) is 9.13. The van der Waals surface area contributed by atoms with Gasteiger partial charge in [-0.3, -0.25) is 11.8 Å². The SMILES string of the molecule is [C-]#Cc1ccsc1C#Cc1cccc(C#Cc2sccc2C#[C-])n1.[Pt+2]. The zero-order valence-corrected chi connectivity index (χ0v) is 16.5. The van der Waals surface area contributed by atoms with Gasteiger partial charge in [-0.15, -0.1) is 23.3 Å². The maximum absolute atomic E-state index is 7.21. The first-order valence-corrected chi connectivity index (χ1v) is 8.57. The smallest absolute Gasteiger partial charge is 0.366 e. The summed E-state index contributed by atoms with van der Waals surface area (Å²) in [7, 11) is 0. The molecule has 3 aromatic rings. The van der Waals surface area contributed by atoms with Gasteiger partial charge < -0.3 is 12.8 Å². The minimum atomic E-state index is 0. The molecule has 3 aromatic heterocycles. The standard InChI is InChI=1S/C21H7NS2.Pt/c1-3-16-12-14-23-20(16)10-8-18-6-5-7-19(22-18)9-11-21-17(4-2)13-15-24-21;/h5-7,12-15H;/q-2;+2. The predicted molar refractivity (Wildman–Crippen MR) is 97.3 cm³/mol. The van der Waals surface area contributed by atoms with Crippen molar-refractivity contribution in [2.75, 3.05) is 0 Å². The number of hydrogen-bond donors (Lipinski definition) is 0. The monoisotopic (exact) mass is 532 g/mol. The quantitative estimate of drug-likeness (QED) is 0.317. The zero-order valence-electron chi connectivity index (χ0n) is 12.6. The Kier molecular flexibility index (Phi) is 6.84. The molecule has 3 heterocycles. The Hall–Kier alpha value is -2.52. The van der Waals surface area contributed by atoms with E-state index in [1.807, 2.05) is 41.1 Å². The summed E-state index contributed by atoms with van der Waals surface area (Å²) in [5.41, 5.74) is 2.63. The second-order valence-corrected chi connectivity index (χ2v) is 6.32. The van der Waals surface area contributed by atoms with Crippen molar-refractivity contribution in [3.63, 3.8) is 0 Å². The van der Waals surface area contributed by atoms with Gasteiger partial charge in [-0.25, -0.2) is 4.98 Å². The number of pyridine rings is 1. The molecular weight excluding hydrogens is 525 g/mol. The van der Waals surface area contributed by atoms with E-state index in [9.17, 15) is 0 Å². The minimum absolute atomic E-state index is 0. The van der Waals surface area contributed by atoms with Gasteiger partial charge in [0.15, 0.2) is 0 Å². The first kappa shape index (κ1) is 18.8. The molecule has 4 heteroatoms. The van der Waals surface area contributed by atoms with Crippen molar-refractivity contribution in [1.82, 2.24) is 4.98 Å². The largest absolute Gasteiger partial charge is 2.00 e. The van der Waals surface area contributed by atoms with Crippen LogP contribution >= 0.6 is 22.7 Å². The van der Waals surface area contributed by atoms with Gasteiger partial charge in [0.2, 0.25) is 0 Å². The zero-order chi connectivity index (χ0) is 16.8. The topological polar surface area (TPSA) is 12.9 Å². The molecule has 0 amide bonds. The molecule has 0 unspecified atom stereocenters. The number of hydrogen-bond acceptors (Lipinski definition) is 3. The number of rotatable bonds is 0. The molecule has 25 heavy (non-hydrogen) atoms. The molecule has 0 radical (unpaired) electrons. The minimum Gasteiger partial charge on any atom is -0.366 e. The summed E-state index contributed by atoms with van der Waals surface area (Å²) >= 11 is 2.95. The normalized spacial score (nSPS) is 8.56. The van der Waals surface area contributed by atoms with Crippen molar-refractivity contribution >= 4 is 22.7 Å². The molecule has 1 nitrogen and oxygen atoms in total. The van der Waals surface area contributed by atoms with Gasteiger partial charge in [-0.1, -0.05) is 17.9 Å². The molecule has 0 bridgehead atoms. The van der Waals surface area contributed by atoms with E-state index in [1.165, 1.54) is 22.7 Å². The van der Waals surface area contributed by atoms with Crippen LogP contribution in [0.1, 0.15) is 32.3 Å². The van der Waals surface area contributed by atoms with E-state index in [4.69, 9.17) is 12.8 Å². The third kappa shape index (κ3) is 4.74. The maximum atomic E-state index is 7.21. The van der Waals surface area contributed by atoms with Crippen molar-refractivity contribution in [3.05, 3.63) is 86.2 Å². The maximum Gasteiger partial charge on any atom is 2.00 e. The second-order valence-electron chi connectivity index (χ2n) is 4.48. The fourth-order valence-corrected chi connectivity index (χ4v) is 3.22. The van der Waals surface area contributed by atoms with Crippen LogP contribution in [0.4, 0.5) is 0 Å². The van der Waals surface area contributed by atoms with Crippen LogP contribution in [0.25, 0.3) is 0 Å². The third-order valence-electron chi connectivity index (χ3n) is 2.96. The van der Waals surface area contributed by atoms with Crippen LogP contribution in [0.3, 0.4) is 0 Å². The molecule has 118 valence electrons. The average molecular weight is 533 g/mol. The Morgan fingerprint density at radius 1 is 0.720 bits per heavy atom.